The molecule has 1 aliphatic rings. The number of carbonyl (C=O) groups excluding carboxylic acids is 1. The third-order valence-electron chi connectivity index (χ3n) is 3.29. The molecule has 14 heavy (non-hydrogen) atoms. The van der Waals surface area contributed by atoms with Crippen molar-refractivity contribution < 1.29 is 9.53 Å². The molecule has 1 N–H and O–H groups in total. The highest BCUT2D eigenvalue weighted by Crippen LogP contribution is 2.36. The van der Waals surface area contributed by atoms with Crippen molar-refractivity contribution in [3.05, 3.63) is 0 Å². The summed E-state index contributed by atoms with van der Waals surface area (Å²) in [6, 6.07) is 0. The lowest BCUT2D eigenvalue weighted by atomic mass is 9.88. The Hall–Kier alpha value is -0.570. The molecule has 3 nitrogen and oxygen atoms in total. The standard InChI is InChI=1S/C11H21NO2/c1-4-8-12-11(10(13)14-3)7-5-6-9(11)2/h9,12H,4-8H2,1-3H3. The zero-order valence-electron chi connectivity index (χ0n) is 9.43. The van der Waals surface area contributed by atoms with Crippen molar-refractivity contribution in [1.82, 2.24) is 5.32 Å². The molecule has 0 heterocycles. The lowest BCUT2D eigenvalue weighted by Gasteiger charge is -2.31. The zero-order valence-corrected chi connectivity index (χ0v) is 9.43. The Morgan fingerprint density at radius 2 is 2.36 bits per heavy atom. The third kappa shape index (κ3) is 1.92. The average molecular weight is 199 g/mol. The highest BCUT2D eigenvalue weighted by Gasteiger charge is 2.47. The largest absolute Gasteiger partial charge is 0.468 e. The topological polar surface area (TPSA) is 38.3 Å². The average Bonchev–Trinajstić information content (AvgIpc) is 2.57. The highest BCUT2D eigenvalue weighted by atomic mass is 16.5. The fourth-order valence-corrected chi connectivity index (χ4v) is 2.35. The number of carbonyl (C=O) groups is 1. The van der Waals surface area contributed by atoms with Crippen molar-refractivity contribution in [1.29, 1.82) is 0 Å². The highest BCUT2D eigenvalue weighted by molar-refractivity contribution is 5.81. The molecule has 0 amide bonds. The Labute approximate surface area is 86.2 Å². The number of ether oxygens (including phenoxy) is 1. The predicted octanol–water partition coefficient (Wildman–Crippen LogP) is 1.72. The van der Waals surface area contributed by atoms with E-state index in [1.165, 1.54) is 7.11 Å². The number of hydrogen-bond donors (Lipinski definition) is 1. The van der Waals surface area contributed by atoms with E-state index in [2.05, 4.69) is 19.2 Å². The number of rotatable bonds is 4. The Balaban J connectivity index is 2.73. The van der Waals surface area contributed by atoms with Gasteiger partial charge < -0.3 is 10.1 Å². The van der Waals surface area contributed by atoms with E-state index in [1.807, 2.05) is 0 Å². The zero-order chi connectivity index (χ0) is 10.6. The second-order valence-corrected chi connectivity index (χ2v) is 4.18. The number of methoxy groups -OCH3 is 1. The van der Waals surface area contributed by atoms with Gasteiger partial charge in [0.2, 0.25) is 0 Å². The second kappa shape index (κ2) is 4.78. The summed E-state index contributed by atoms with van der Waals surface area (Å²) in [7, 11) is 1.47. The predicted molar refractivity (Wildman–Crippen MR) is 56.1 cm³/mol. The van der Waals surface area contributed by atoms with Gasteiger partial charge in [0.15, 0.2) is 0 Å². The van der Waals surface area contributed by atoms with Gasteiger partial charge in [0, 0.05) is 0 Å². The molecule has 1 aliphatic carbocycles. The van der Waals surface area contributed by atoms with Gasteiger partial charge in [0.05, 0.1) is 7.11 Å². The van der Waals surface area contributed by atoms with Gasteiger partial charge >= 0.3 is 5.97 Å². The van der Waals surface area contributed by atoms with Crippen LogP contribution in [-0.4, -0.2) is 25.2 Å². The Kier molecular flexibility index (Phi) is 3.93. The lowest BCUT2D eigenvalue weighted by molar-refractivity contribution is -0.150. The van der Waals surface area contributed by atoms with Gasteiger partial charge in [0.1, 0.15) is 5.54 Å². The summed E-state index contributed by atoms with van der Waals surface area (Å²) in [4.78, 5) is 11.8. The van der Waals surface area contributed by atoms with Crippen LogP contribution < -0.4 is 5.32 Å². The normalized spacial score (nSPS) is 31.8. The summed E-state index contributed by atoms with van der Waals surface area (Å²) in [6.07, 6.45) is 4.20. The minimum Gasteiger partial charge on any atom is -0.468 e. The molecule has 3 heteroatoms. The van der Waals surface area contributed by atoms with Gasteiger partial charge in [-0.15, -0.1) is 0 Å². The summed E-state index contributed by atoms with van der Waals surface area (Å²) < 4.78 is 4.90. The van der Waals surface area contributed by atoms with E-state index in [-0.39, 0.29) is 5.97 Å². The number of hydrogen-bond acceptors (Lipinski definition) is 3. The first-order chi connectivity index (χ1) is 6.67. The van der Waals surface area contributed by atoms with Crippen molar-refractivity contribution >= 4 is 5.97 Å². The maximum atomic E-state index is 11.8. The van der Waals surface area contributed by atoms with E-state index in [9.17, 15) is 4.79 Å². The summed E-state index contributed by atoms with van der Waals surface area (Å²) in [5.74, 6) is 0.303. The van der Waals surface area contributed by atoms with E-state index in [1.54, 1.807) is 0 Å². The minimum atomic E-state index is -0.398. The van der Waals surface area contributed by atoms with Crippen LogP contribution in [0.4, 0.5) is 0 Å². The lowest BCUT2D eigenvalue weighted by Crippen LogP contribution is -2.54. The van der Waals surface area contributed by atoms with Gasteiger partial charge in [-0.1, -0.05) is 20.3 Å². The van der Waals surface area contributed by atoms with E-state index >= 15 is 0 Å². The molecule has 0 aromatic heterocycles. The Morgan fingerprint density at radius 3 is 2.79 bits per heavy atom. The van der Waals surface area contributed by atoms with Gasteiger partial charge in [-0.2, -0.15) is 0 Å². The fraction of sp³-hybridized carbons (Fsp3) is 0.909. The van der Waals surface area contributed by atoms with Crippen molar-refractivity contribution in [2.75, 3.05) is 13.7 Å². The molecule has 0 saturated heterocycles. The van der Waals surface area contributed by atoms with Crippen molar-refractivity contribution in [3.8, 4) is 0 Å². The van der Waals surface area contributed by atoms with Crippen molar-refractivity contribution in [2.24, 2.45) is 5.92 Å². The van der Waals surface area contributed by atoms with E-state index in [0.29, 0.717) is 5.92 Å². The quantitative estimate of drug-likeness (QED) is 0.701. The molecular weight excluding hydrogens is 178 g/mol. The van der Waals surface area contributed by atoms with Crippen LogP contribution in [0.15, 0.2) is 0 Å². The molecule has 0 aromatic rings. The molecule has 1 saturated carbocycles. The fourth-order valence-electron chi connectivity index (χ4n) is 2.35. The molecule has 2 unspecified atom stereocenters. The van der Waals surface area contributed by atoms with Crippen LogP contribution in [0.1, 0.15) is 39.5 Å². The maximum absolute atomic E-state index is 11.8. The smallest absolute Gasteiger partial charge is 0.326 e. The van der Waals surface area contributed by atoms with Crippen molar-refractivity contribution in [3.63, 3.8) is 0 Å². The van der Waals surface area contributed by atoms with Crippen LogP contribution in [0.2, 0.25) is 0 Å². The van der Waals surface area contributed by atoms with Gasteiger partial charge in [-0.05, 0) is 31.7 Å². The summed E-state index contributed by atoms with van der Waals surface area (Å²) in [5.41, 5.74) is -0.398. The molecule has 1 fully saturated rings. The minimum absolute atomic E-state index is 0.0871. The van der Waals surface area contributed by atoms with Crippen LogP contribution in [0.5, 0.6) is 0 Å². The van der Waals surface area contributed by atoms with Crippen LogP contribution in [0, 0.1) is 5.92 Å². The maximum Gasteiger partial charge on any atom is 0.326 e. The monoisotopic (exact) mass is 199 g/mol. The number of nitrogens with one attached hydrogen (secondary N) is 1. The van der Waals surface area contributed by atoms with Gasteiger partial charge in [-0.3, -0.25) is 4.79 Å². The van der Waals surface area contributed by atoms with Gasteiger partial charge in [0.25, 0.3) is 0 Å². The summed E-state index contributed by atoms with van der Waals surface area (Å²) in [5, 5.41) is 3.37. The molecule has 0 aromatic carbocycles. The Morgan fingerprint density at radius 1 is 1.64 bits per heavy atom. The van der Waals surface area contributed by atoms with E-state index in [4.69, 9.17) is 4.74 Å². The molecule has 0 spiro atoms. The molecule has 0 bridgehead atoms. The Bertz CT molecular complexity index is 205. The molecule has 2 atom stereocenters. The summed E-state index contributed by atoms with van der Waals surface area (Å²) >= 11 is 0. The van der Waals surface area contributed by atoms with Crippen LogP contribution in [-0.2, 0) is 9.53 Å². The third-order valence-corrected chi connectivity index (χ3v) is 3.29. The van der Waals surface area contributed by atoms with E-state index in [0.717, 1.165) is 32.2 Å². The number of esters is 1. The van der Waals surface area contributed by atoms with Gasteiger partial charge in [-0.25, -0.2) is 0 Å². The van der Waals surface area contributed by atoms with Crippen molar-refractivity contribution in [2.45, 2.75) is 45.1 Å². The van der Waals surface area contributed by atoms with Crippen LogP contribution in [0.25, 0.3) is 0 Å². The van der Waals surface area contributed by atoms with E-state index < -0.39 is 5.54 Å². The molecule has 0 radical (unpaired) electrons. The molecule has 0 aliphatic heterocycles. The SMILES string of the molecule is CCCNC1(C(=O)OC)CCCC1C. The first-order valence-electron chi connectivity index (χ1n) is 5.50. The molecular formula is C11H21NO2. The molecule has 1 rings (SSSR count). The second-order valence-electron chi connectivity index (χ2n) is 4.18. The first-order valence-corrected chi connectivity index (χ1v) is 5.50. The van der Waals surface area contributed by atoms with Crippen LogP contribution in [0.3, 0.4) is 0 Å². The summed E-state index contributed by atoms with van der Waals surface area (Å²) in [6.45, 7) is 5.13. The van der Waals surface area contributed by atoms with Crippen LogP contribution >= 0.6 is 0 Å². The molecule has 82 valence electrons. The first kappa shape index (κ1) is 11.5.